The van der Waals surface area contributed by atoms with Gasteiger partial charge in [-0.1, -0.05) is 36.4 Å². The van der Waals surface area contributed by atoms with E-state index in [0.29, 0.717) is 38.3 Å². The lowest BCUT2D eigenvalue weighted by atomic mass is 10.2. The van der Waals surface area contributed by atoms with Crippen LogP contribution in [-0.4, -0.2) is 54.4 Å². The molecule has 1 aliphatic heterocycles. The second kappa shape index (κ2) is 9.69. The summed E-state index contributed by atoms with van der Waals surface area (Å²) >= 11 is 0. The summed E-state index contributed by atoms with van der Waals surface area (Å²) in [5.74, 6) is 0.172. The van der Waals surface area contributed by atoms with E-state index in [0.717, 1.165) is 5.75 Å². The molecule has 1 saturated heterocycles. The Bertz CT molecular complexity index is 839. The minimum atomic E-state index is -0.373. The number of para-hydroxylation sites is 1. The first-order valence-electron chi connectivity index (χ1n) is 9.30. The summed E-state index contributed by atoms with van der Waals surface area (Å²) < 4.78 is 19.3. The lowest BCUT2D eigenvalue weighted by Crippen LogP contribution is -2.37. The zero-order chi connectivity index (χ0) is 19.8. The van der Waals surface area contributed by atoms with Crippen LogP contribution in [-0.2, 0) is 9.59 Å². The van der Waals surface area contributed by atoms with Crippen LogP contribution in [0.5, 0.6) is 5.75 Å². The van der Waals surface area contributed by atoms with Crippen LogP contribution in [0.15, 0.2) is 60.7 Å². The second-order valence-corrected chi connectivity index (χ2v) is 6.47. The first-order valence-corrected chi connectivity index (χ1v) is 9.30. The third kappa shape index (κ3) is 5.42. The van der Waals surface area contributed by atoms with Crippen LogP contribution in [0.2, 0.25) is 0 Å². The fourth-order valence-corrected chi connectivity index (χ4v) is 2.99. The summed E-state index contributed by atoms with van der Waals surface area (Å²) in [6, 6.07) is 15.7. The number of hydrogen-bond acceptors (Lipinski definition) is 3. The van der Waals surface area contributed by atoms with E-state index in [4.69, 9.17) is 4.74 Å². The number of nitrogens with zero attached hydrogens (tertiary/aromatic N) is 2. The summed E-state index contributed by atoms with van der Waals surface area (Å²) in [7, 11) is 0. The van der Waals surface area contributed by atoms with E-state index in [1.54, 1.807) is 28.0 Å². The van der Waals surface area contributed by atoms with Gasteiger partial charge in [-0.15, -0.1) is 0 Å². The summed E-state index contributed by atoms with van der Waals surface area (Å²) in [6.45, 7) is 2.13. The fraction of sp³-hybridized carbons (Fsp3) is 0.273. The quantitative estimate of drug-likeness (QED) is 0.722. The molecule has 3 rings (SSSR count). The average molecular weight is 382 g/mol. The van der Waals surface area contributed by atoms with E-state index in [9.17, 15) is 14.0 Å². The van der Waals surface area contributed by atoms with Crippen molar-refractivity contribution in [3.63, 3.8) is 0 Å². The first kappa shape index (κ1) is 19.6. The van der Waals surface area contributed by atoms with Crippen LogP contribution in [0.3, 0.4) is 0 Å². The molecular weight excluding hydrogens is 359 g/mol. The van der Waals surface area contributed by atoms with Crippen LogP contribution in [0.4, 0.5) is 4.39 Å². The number of rotatable bonds is 6. The number of amides is 2. The Kier molecular flexibility index (Phi) is 6.78. The molecular formula is C22H23FN2O3. The minimum Gasteiger partial charge on any atom is -0.492 e. The number of halogens is 1. The third-order valence-corrected chi connectivity index (χ3v) is 4.58. The Morgan fingerprint density at radius 1 is 1.04 bits per heavy atom. The van der Waals surface area contributed by atoms with Gasteiger partial charge < -0.3 is 14.5 Å². The van der Waals surface area contributed by atoms with Crippen molar-refractivity contribution in [1.29, 1.82) is 0 Å². The van der Waals surface area contributed by atoms with E-state index in [2.05, 4.69) is 0 Å². The largest absolute Gasteiger partial charge is 0.492 e. The Balaban J connectivity index is 1.50. The van der Waals surface area contributed by atoms with Gasteiger partial charge in [0.2, 0.25) is 11.8 Å². The summed E-state index contributed by atoms with van der Waals surface area (Å²) in [6.07, 6.45) is 3.09. The van der Waals surface area contributed by atoms with Gasteiger partial charge in [-0.05, 0) is 24.3 Å². The van der Waals surface area contributed by atoms with Gasteiger partial charge in [-0.2, -0.15) is 0 Å². The maximum absolute atomic E-state index is 13.7. The van der Waals surface area contributed by atoms with Gasteiger partial charge in [0.05, 0.1) is 6.54 Å². The van der Waals surface area contributed by atoms with Crippen molar-refractivity contribution in [2.75, 3.05) is 32.8 Å². The molecule has 1 heterocycles. The average Bonchev–Trinajstić information content (AvgIpc) is 2.90. The molecule has 2 amide bonds. The molecule has 28 heavy (non-hydrogen) atoms. The topological polar surface area (TPSA) is 49.9 Å². The number of hydrogen-bond donors (Lipinski definition) is 0. The van der Waals surface area contributed by atoms with Gasteiger partial charge >= 0.3 is 0 Å². The number of benzene rings is 2. The van der Waals surface area contributed by atoms with Crippen molar-refractivity contribution in [2.24, 2.45) is 0 Å². The molecule has 0 aromatic heterocycles. The first-order chi connectivity index (χ1) is 13.6. The highest BCUT2D eigenvalue weighted by atomic mass is 19.1. The highest BCUT2D eigenvalue weighted by Gasteiger charge is 2.22. The summed E-state index contributed by atoms with van der Waals surface area (Å²) in [5, 5.41) is 0. The lowest BCUT2D eigenvalue weighted by molar-refractivity contribution is -0.130. The van der Waals surface area contributed by atoms with Crippen molar-refractivity contribution in [3.8, 4) is 5.75 Å². The molecule has 0 aliphatic carbocycles. The zero-order valence-electron chi connectivity index (χ0n) is 15.6. The summed E-state index contributed by atoms with van der Waals surface area (Å²) in [4.78, 5) is 28.1. The number of ether oxygens (including phenoxy) is 1. The molecule has 2 aromatic carbocycles. The van der Waals surface area contributed by atoms with Crippen molar-refractivity contribution < 1.29 is 18.7 Å². The van der Waals surface area contributed by atoms with Crippen molar-refractivity contribution in [1.82, 2.24) is 9.80 Å². The van der Waals surface area contributed by atoms with Crippen molar-refractivity contribution >= 4 is 17.9 Å². The van der Waals surface area contributed by atoms with E-state index >= 15 is 0 Å². The molecule has 1 fully saturated rings. The normalized spacial score (nSPS) is 15.0. The van der Waals surface area contributed by atoms with Crippen LogP contribution in [0.1, 0.15) is 12.0 Å². The van der Waals surface area contributed by atoms with E-state index in [1.165, 1.54) is 18.2 Å². The van der Waals surface area contributed by atoms with Crippen molar-refractivity contribution in [3.05, 3.63) is 72.1 Å². The molecule has 0 N–H and O–H groups in total. The van der Waals surface area contributed by atoms with Crippen molar-refractivity contribution in [2.45, 2.75) is 6.42 Å². The van der Waals surface area contributed by atoms with Gasteiger partial charge in [-0.3, -0.25) is 9.59 Å². The molecule has 1 aliphatic rings. The maximum Gasteiger partial charge on any atom is 0.246 e. The molecule has 2 aromatic rings. The molecule has 6 heteroatoms. The summed E-state index contributed by atoms with van der Waals surface area (Å²) in [5.41, 5.74) is 0.362. The van der Waals surface area contributed by atoms with E-state index < -0.39 is 0 Å². The SMILES string of the molecule is O=C(/C=C/c1ccccc1F)N1CCC(=O)N(CCOc2ccccc2)CC1. The highest BCUT2D eigenvalue weighted by molar-refractivity contribution is 5.92. The van der Waals surface area contributed by atoms with Crippen LogP contribution in [0.25, 0.3) is 6.08 Å². The smallest absolute Gasteiger partial charge is 0.246 e. The Hall–Kier alpha value is -3.15. The Labute approximate surface area is 164 Å². The van der Waals surface area contributed by atoms with Crippen LogP contribution < -0.4 is 4.74 Å². The maximum atomic E-state index is 13.7. The standard InChI is InChI=1S/C22H23FN2O3/c23-20-9-5-4-6-18(20)10-11-21(26)24-13-12-22(27)25(15-14-24)16-17-28-19-7-2-1-3-8-19/h1-11H,12-17H2/b11-10+. The van der Waals surface area contributed by atoms with Gasteiger partial charge in [0, 0.05) is 37.7 Å². The monoisotopic (exact) mass is 382 g/mol. The lowest BCUT2D eigenvalue weighted by Gasteiger charge is -2.21. The number of carbonyl (C=O) groups excluding carboxylic acids is 2. The fourth-order valence-electron chi connectivity index (χ4n) is 2.99. The predicted molar refractivity (Wildman–Crippen MR) is 105 cm³/mol. The molecule has 0 saturated carbocycles. The molecule has 5 nitrogen and oxygen atoms in total. The van der Waals surface area contributed by atoms with Gasteiger partial charge in [0.25, 0.3) is 0 Å². The zero-order valence-corrected chi connectivity index (χ0v) is 15.6. The molecule has 0 spiro atoms. The Morgan fingerprint density at radius 2 is 1.79 bits per heavy atom. The van der Waals surface area contributed by atoms with Gasteiger partial charge in [0.15, 0.2) is 0 Å². The Morgan fingerprint density at radius 3 is 2.57 bits per heavy atom. The van der Waals surface area contributed by atoms with E-state index in [-0.39, 0.29) is 24.1 Å². The van der Waals surface area contributed by atoms with Gasteiger partial charge in [0.1, 0.15) is 18.2 Å². The number of carbonyl (C=O) groups is 2. The molecule has 146 valence electrons. The molecule has 0 bridgehead atoms. The van der Waals surface area contributed by atoms with Gasteiger partial charge in [-0.25, -0.2) is 4.39 Å². The molecule has 0 atom stereocenters. The minimum absolute atomic E-state index is 0.00467. The predicted octanol–water partition coefficient (Wildman–Crippen LogP) is 2.98. The third-order valence-electron chi connectivity index (χ3n) is 4.58. The highest BCUT2D eigenvalue weighted by Crippen LogP contribution is 2.11. The van der Waals surface area contributed by atoms with E-state index in [1.807, 2.05) is 30.3 Å². The second-order valence-electron chi connectivity index (χ2n) is 6.47. The van der Waals surface area contributed by atoms with Crippen LogP contribution >= 0.6 is 0 Å². The molecule has 0 unspecified atom stereocenters. The van der Waals surface area contributed by atoms with Crippen LogP contribution in [0, 0.1) is 5.82 Å². The molecule has 0 radical (unpaired) electrons.